The summed E-state index contributed by atoms with van der Waals surface area (Å²) in [6.45, 7) is 1.30. The average Bonchev–Trinajstić information content (AvgIpc) is 2.77. The SMILES string of the molecule is CC(=O)Oc1ccc(C=C2Sc3ccc(S(=O)(=O)Cc4c(F)cccc4F)cc3NC2=O)cc1. The number of halogens is 2. The van der Waals surface area contributed by atoms with Crippen molar-refractivity contribution in [2.75, 3.05) is 5.32 Å². The molecule has 0 atom stereocenters. The van der Waals surface area contributed by atoms with Gasteiger partial charge in [-0.15, -0.1) is 0 Å². The van der Waals surface area contributed by atoms with Crippen LogP contribution in [0.5, 0.6) is 5.75 Å². The van der Waals surface area contributed by atoms with E-state index in [1.54, 1.807) is 30.3 Å². The largest absolute Gasteiger partial charge is 0.427 e. The van der Waals surface area contributed by atoms with E-state index in [1.165, 1.54) is 25.1 Å². The predicted molar refractivity (Wildman–Crippen MR) is 124 cm³/mol. The minimum atomic E-state index is -4.08. The van der Waals surface area contributed by atoms with Crippen LogP contribution in [0.4, 0.5) is 14.5 Å². The Morgan fingerprint density at radius 1 is 1.06 bits per heavy atom. The molecule has 1 aliphatic rings. The minimum Gasteiger partial charge on any atom is -0.427 e. The van der Waals surface area contributed by atoms with Crippen LogP contribution in [0.1, 0.15) is 18.1 Å². The minimum absolute atomic E-state index is 0.164. The number of rotatable bonds is 5. The smallest absolute Gasteiger partial charge is 0.308 e. The highest BCUT2D eigenvalue weighted by Crippen LogP contribution is 2.40. The number of hydrogen-bond donors (Lipinski definition) is 1. The van der Waals surface area contributed by atoms with Crippen molar-refractivity contribution in [2.45, 2.75) is 22.5 Å². The molecule has 1 heterocycles. The summed E-state index contributed by atoms with van der Waals surface area (Å²) >= 11 is 1.15. The fraction of sp³-hybridized carbons (Fsp3) is 0.0833. The topological polar surface area (TPSA) is 89.5 Å². The second-order valence-electron chi connectivity index (χ2n) is 7.34. The number of carbonyl (C=O) groups excluding carboxylic acids is 2. The van der Waals surface area contributed by atoms with Crippen molar-refractivity contribution in [3.63, 3.8) is 0 Å². The first-order chi connectivity index (χ1) is 16.1. The monoisotopic (exact) mass is 501 g/mol. The molecule has 0 aliphatic carbocycles. The Morgan fingerprint density at radius 3 is 2.38 bits per heavy atom. The maximum atomic E-state index is 13.9. The molecule has 174 valence electrons. The Balaban J connectivity index is 1.56. The number of sulfone groups is 1. The van der Waals surface area contributed by atoms with Gasteiger partial charge in [0.1, 0.15) is 17.4 Å². The summed E-state index contributed by atoms with van der Waals surface area (Å²) in [5, 5.41) is 2.66. The van der Waals surface area contributed by atoms with Crippen LogP contribution in [-0.4, -0.2) is 20.3 Å². The second-order valence-corrected chi connectivity index (χ2v) is 10.4. The second kappa shape index (κ2) is 9.40. The van der Waals surface area contributed by atoms with Gasteiger partial charge in [0.2, 0.25) is 0 Å². The molecule has 0 fully saturated rings. The number of anilines is 1. The summed E-state index contributed by atoms with van der Waals surface area (Å²) in [4.78, 5) is 24.4. The van der Waals surface area contributed by atoms with Gasteiger partial charge in [-0.1, -0.05) is 30.0 Å². The average molecular weight is 502 g/mol. The van der Waals surface area contributed by atoms with E-state index in [1.807, 2.05) is 0 Å². The van der Waals surface area contributed by atoms with Crippen molar-refractivity contribution in [3.05, 3.63) is 88.3 Å². The fourth-order valence-corrected chi connectivity index (χ4v) is 5.55. The van der Waals surface area contributed by atoms with Crippen LogP contribution >= 0.6 is 11.8 Å². The third-order valence-electron chi connectivity index (χ3n) is 4.84. The molecule has 0 unspecified atom stereocenters. The quantitative estimate of drug-likeness (QED) is 0.302. The molecule has 4 rings (SSSR count). The molecule has 0 aromatic heterocycles. The van der Waals surface area contributed by atoms with E-state index in [4.69, 9.17) is 4.74 Å². The summed E-state index contributed by atoms with van der Waals surface area (Å²) in [6.07, 6.45) is 1.64. The zero-order chi connectivity index (χ0) is 24.5. The third kappa shape index (κ3) is 5.18. The lowest BCUT2D eigenvalue weighted by molar-refractivity contribution is -0.131. The first-order valence-electron chi connectivity index (χ1n) is 9.91. The first-order valence-corrected chi connectivity index (χ1v) is 12.4. The number of carbonyl (C=O) groups is 2. The maximum absolute atomic E-state index is 13.9. The first kappa shape index (κ1) is 23.7. The van der Waals surface area contributed by atoms with Gasteiger partial charge < -0.3 is 10.1 Å². The van der Waals surface area contributed by atoms with Crippen molar-refractivity contribution in [1.82, 2.24) is 0 Å². The van der Waals surface area contributed by atoms with Gasteiger partial charge >= 0.3 is 5.97 Å². The van der Waals surface area contributed by atoms with Crippen molar-refractivity contribution >= 4 is 45.2 Å². The Bertz CT molecular complexity index is 1410. The van der Waals surface area contributed by atoms with E-state index in [9.17, 15) is 26.8 Å². The molecule has 34 heavy (non-hydrogen) atoms. The maximum Gasteiger partial charge on any atom is 0.308 e. The molecule has 1 aliphatic heterocycles. The number of hydrogen-bond acceptors (Lipinski definition) is 6. The molecular formula is C24H17F2NO5S2. The molecule has 0 saturated heterocycles. The molecular weight excluding hydrogens is 484 g/mol. The van der Waals surface area contributed by atoms with Gasteiger partial charge in [-0.25, -0.2) is 17.2 Å². The van der Waals surface area contributed by atoms with Crippen LogP contribution in [0.2, 0.25) is 0 Å². The van der Waals surface area contributed by atoms with Crippen molar-refractivity contribution < 1.29 is 31.5 Å². The normalized spacial score (nSPS) is 14.4. The Hall–Kier alpha value is -3.50. The summed E-state index contributed by atoms with van der Waals surface area (Å²) in [5.41, 5.74) is 0.444. The van der Waals surface area contributed by atoms with E-state index >= 15 is 0 Å². The molecule has 0 spiro atoms. The fourth-order valence-electron chi connectivity index (χ4n) is 3.23. The van der Waals surface area contributed by atoms with Gasteiger partial charge in [0.15, 0.2) is 9.84 Å². The number of fused-ring (bicyclic) bond motifs is 1. The van der Waals surface area contributed by atoms with E-state index in [0.29, 0.717) is 21.1 Å². The van der Waals surface area contributed by atoms with Crippen LogP contribution in [-0.2, 0) is 25.2 Å². The van der Waals surface area contributed by atoms with E-state index < -0.39 is 44.7 Å². The Kier molecular flexibility index (Phi) is 6.54. The zero-order valence-electron chi connectivity index (χ0n) is 17.7. The number of ether oxygens (including phenoxy) is 1. The number of nitrogens with one attached hydrogen (secondary N) is 1. The molecule has 0 saturated carbocycles. The van der Waals surface area contributed by atoms with E-state index in [0.717, 1.165) is 30.0 Å². The molecule has 3 aromatic carbocycles. The summed E-state index contributed by atoms with van der Waals surface area (Å²) in [5.74, 6) is -3.23. The van der Waals surface area contributed by atoms with Gasteiger partial charge in [0, 0.05) is 17.4 Å². The highest BCUT2D eigenvalue weighted by molar-refractivity contribution is 8.04. The van der Waals surface area contributed by atoms with Crippen LogP contribution < -0.4 is 10.1 Å². The van der Waals surface area contributed by atoms with Gasteiger partial charge in [0.05, 0.1) is 21.2 Å². The number of esters is 1. The predicted octanol–water partition coefficient (Wildman–Crippen LogP) is 4.95. The van der Waals surface area contributed by atoms with Gasteiger partial charge in [-0.05, 0) is 54.1 Å². The van der Waals surface area contributed by atoms with Gasteiger partial charge in [-0.2, -0.15) is 0 Å². The Labute approximate surface area is 198 Å². The van der Waals surface area contributed by atoms with Gasteiger partial charge in [0.25, 0.3) is 5.91 Å². The molecule has 3 aromatic rings. The Morgan fingerprint density at radius 2 is 1.74 bits per heavy atom. The number of thioether (sulfide) groups is 1. The molecule has 0 radical (unpaired) electrons. The van der Waals surface area contributed by atoms with Crippen molar-refractivity contribution in [1.29, 1.82) is 0 Å². The van der Waals surface area contributed by atoms with Crippen molar-refractivity contribution in [3.8, 4) is 5.75 Å². The van der Waals surface area contributed by atoms with Crippen LogP contribution in [0.25, 0.3) is 6.08 Å². The summed E-state index contributed by atoms with van der Waals surface area (Å²) in [6, 6.07) is 13.9. The lowest BCUT2D eigenvalue weighted by Gasteiger charge is -2.19. The molecule has 0 bridgehead atoms. The summed E-state index contributed by atoms with van der Waals surface area (Å²) < 4.78 is 58.4. The van der Waals surface area contributed by atoms with Crippen LogP contribution in [0.15, 0.2) is 75.4 Å². The number of benzene rings is 3. The van der Waals surface area contributed by atoms with E-state index in [-0.39, 0.29) is 10.6 Å². The lowest BCUT2D eigenvalue weighted by atomic mass is 10.2. The van der Waals surface area contributed by atoms with Crippen molar-refractivity contribution in [2.24, 2.45) is 0 Å². The van der Waals surface area contributed by atoms with Gasteiger partial charge in [-0.3, -0.25) is 9.59 Å². The van der Waals surface area contributed by atoms with Crippen LogP contribution in [0.3, 0.4) is 0 Å². The zero-order valence-corrected chi connectivity index (χ0v) is 19.3. The molecule has 10 heteroatoms. The highest BCUT2D eigenvalue weighted by Gasteiger charge is 2.25. The molecule has 1 amide bonds. The summed E-state index contributed by atoms with van der Waals surface area (Å²) in [7, 11) is -4.08. The highest BCUT2D eigenvalue weighted by atomic mass is 32.2. The van der Waals surface area contributed by atoms with Crippen LogP contribution in [0, 0.1) is 11.6 Å². The standard InChI is InChI=1S/C24H17F2NO5S2/c1-14(28)32-16-7-5-15(6-8-16)11-23-24(29)27-21-12-17(9-10-22(21)33-23)34(30,31)13-18-19(25)3-2-4-20(18)26/h2-12H,13H2,1H3,(H,27,29). The lowest BCUT2D eigenvalue weighted by Crippen LogP contribution is -2.18. The molecule has 6 nitrogen and oxygen atoms in total. The van der Waals surface area contributed by atoms with E-state index in [2.05, 4.69) is 5.32 Å². The number of amides is 1. The third-order valence-corrected chi connectivity index (χ3v) is 7.58. The molecule has 1 N–H and O–H groups in total.